The second-order valence-electron chi connectivity index (χ2n) is 5.67. The molecule has 1 heterocycles. The van der Waals surface area contributed by atoms with E-state index in [0.29, 0.717) is 25.9 Å². The summed E-state index contributed by atoms with van der Waals surface area (Å²) in [5, 5.41) is 0. The van der Waals surface area contributed by atoms with E-state index < -0.39 is 18.8 Å². The number of rotatable bonds is 4. The summed E-state index contributed by atoms with van der Waals surface area (Å²) in [7, 11) is 0. The molecule has 28 heavy (non-hydrogen) atoms. The standard InChI is InChI=1S/C20H14Br2F3N.C2H6/c1-12-16(22)10-14(13-6-3-2-4-7-13)20(26(12)11-18(24)25)19-15(21)8-5-9-17(19)23;1-2/h2-10,18H,1,11H2;1-2H3. The second-order valence-corrected chi connectivity index (χ2v) is 7.37. The number of benzene rings is 2. The Morgan fingerprint density at radius 3 is 2.21 bits per heavy atom. The quantitative estimate of drug-likeness (QED) is 0.401. The van der Waals surface area contributed by atoms with Crippen molar-refractivity contribution in [2.24, 2.45) is 0 Å². The summed E-state index contributed by atoms with van der Waals surface area (Å²) in [5.41, 5.74) is 2.37. The van der Waals surface area contributed by atoms with E-state index in [1.54, 1.807) is 18.2 Å². The number of allylic oxidation sites excluding steroid dienone is 3. The first-order valence-electron chi connectivity index (χ1n) is 8.76. The van der Waals surface area contributed by atoms with E-state index in [2.05, 4.69) is 38.4 Å². The Labute approximate surface area is 180 Å². The average molecular weight is 515 g/mol. The molecule has 2 aromatic rings. The zero-order valence-electron chi connectivity index (χ0n) is 15.5. The molecule has 0 aromatic heterocycles. The van der Waals surface area contributed by atoms with E-state index in [0.717, 1.165) is 5.56 Å². The Morgan fingerprint density at radius 1 is 1.00 bits per heavy atom. The Balaban J connectivity index is 0.00000136. The number of nitrogens with zero attached hydrogens (tertiary/aromatic N) is 1. The minimum atomic E-state index is -2.61. The molecule has 0 saturated carbocycles. The van der Waals surface area contributed by atoms with Gasteiger partial charge in [0.05, 0.1) is 12.2 Å². The fraction of sp³-hybridized carbons (Fsp3) is 0.182. The first kappa shape index (κ1) is 22.5. The number of halogens is 5. The van der Waals surface area contributed by atoms with Crippen molar-refractivity contribution >= 4 is 43.1 Å². The van der Waals surface area contributed by atoms with Crippen molar-refractivity contribution in [2.75, 3.05) is 6.54 Å². The second kappa shape index (κ2) is 10.1. The van der Waals surface area contributed by atoms with Crippen LogP contribution in [0.3, 0.4) is 0 Å². The number of hydrogen-bond acceptors (Lipinski definition) is 1. The zero-order chi connectivity index (χ0) is 20.8. The van der Waals surface area contributed by atoms with Gasteiger partial charge in [-0.25, -0.2) is 13.2 Å². The highest BCUT2D eigenvalue weighted by atomic mass is 79.9. The van der Waals surface area contributed by atoms with Crippen LogP contribution in [0.4, 0.5) is 13.2 Å². The van der Waals surface area contributed by atoms with Crippen LogP contribution < -0.4 is 0 Å². The molecule has 0 saturated heterocycles. The van der Waals surface area contributed by atoms with Crippen molar-refractivity contribution in [3.05, 3.63) is 92.8 Å². The van der Waals surface area contributed by atoms with Crippen molar-refractivity contribution in [1.29, 1.82) is 0 Å². The molecule has 1 aliphatic rings. The molecule has 0 spiro atoms. The van der Waals surface area contributed by atoms with E-state index in [9.17, 15) is 13.2 Å². The maximum atomic E-state index is 14.7. The minimum Gasteiger partial charge on any atom is -0.334 e. The van der Waals surface area contributed by atoms with Gasteiger partial charge < -0.3 is 4.90 Å². The van der Waals surface area contributed by atoms with E-state index in [1.165, 1.54) is 11.0 Å². The normalized spacial score (nSPS) is 14.1. The number of hydrogen-bond donors (Lipinski definition) is 0. The van der Waals surface area contributed by atoms with Crippen molar-refractivity contribution in [3.8, 4) is 0 Å². The lowest BCUT2D eigenvalue weighted by Crippen LogP contribution is -2.30. The third-order valence-corrected chi connectivity index (χ3v) is 5.35. The topological polar surface area (TPSA) is 3.24 Å². The Kier molecular flexibility index (Phi) is 8.13. The maximum absolute atomic E-state index is 14.7. The monoisotopic (exact) mass is 513 g/mol. The molecule has 6 heteroatoms. The Hall–Kier alpha value is -1.79. The summed E-state index contributed by atoms with van der Waals surface area (Å²) in [4.78, 5) is 1.36. The van der Waals surface area contributed by atoms with Gasteiger partial charge in [0, 0.05) is 25.8 Å². The van der Waals surface area contributed by atoms with Gasteiger partial charge in [-0.05, 0) is 55.6 Å². The molecule has 0 aliphatic carbocycles. The van der Waals surface area contributed by atoms with Gasteiger partial charge in [0.2, 0.25) is 0 Å². The summed E-state index contributed by atoms with van der Waals surface area (Å²) in [6.07, 6.45) is -0.823. The molecule has 1 nitrogen and oxygen atoms in total. The van der Waals surface area contributed by atoms with Crippen molar-refractivity contribution < 1.29 is 13.2 Å². The van der Waals surface area contributed by atoms with E-state index in [1.807, 2.05) is 44.2 Å². The predicted molar refractivity (Wildman–Crippen MR) is 118 cm³/mol. The van der Waals surface area contributed by atoms with Crippen LogP contribution in [0.15, 0.2) is 75.8 Å². The van der Waals surface area contributed by atoms with Gasteiger partial charge in [0.15, 0.2) is 0 Å². The fourth-order valence-corrected chi connectivity index (χ4v) is 3.83. The summed E-state index contributed by atoms with van der Waals surface area (Å²) in [6.45, 7) is 7.31. The first-order valence-corrected chi connectivity index (χ1v) is 10.3. The highest BCUT2D eigenvalue weighted by Gasteiger charge is 2.30. The molecule has 3 rings (SSSR count). The van der Waals surface area contributed by atoms with Crippen LogP contribution in [-0.4, -0.2) is 17.9 Å². The van der Waals surface area contributed by atoms with Crippen LogP contribution in [0.1, 0.15) is 25.0 Å². The lowest BCUT2D eigenvalue weighted by atomic mass is 9.94. The number of alkyl halides is 2. The van der Waals surface area contributed by atoms with Gasteiger partial charge in [0.25, 0.3) is 6.43 Å². The summed E-state index contributed by atoms with van der Waals surface area (Å²) < 4.78 is 42.4. The lowest BCUT2D eigenvalue weighted by Gasteiger charge is -2.35. The smallest absolute Gasteiger partial charge is 0.256 e. The highest BCUT2D eigenvalue weighted by molar-refractivity contribution is 9.12. The molecule has 0 atom stereocenters. The zero-order valence-corrected chi connectivity index (χ0v) is 18.7. The molecule has 0 unspecified atom stereocenters. The molecule has 0 fully saturated rings. The molecular weight excluding hydrogens is 495 g/mol. The minimum absolute atomic E-state index is 0.226. The van der Waals surface area contributed by atoms with Crippen LogP contribution in [0.25, 0.3) is 11.3 Å². The highest BCUT2D eigenvalue weighted by Crippen LogP contribution is 2.43. The molecule has 148 valence electrons. The summed E-state index contributed by atoms with van der Waals surface area (Å²) in [5.74, 6) is -0.499. The summed E-state index contributed by atoms with van der Waals surface area (Å²) in [6, 6.07) is 13.8. The van der Waals surface area contributed by atoms with E-state index in [-0.39, 0.29) is 5.56 Å². The van der Waals surface area contributed by atoms with E-state index >= 15 is 0 Å². The van der Waals surface area contributed by atoms with Crippen LogP contribution in [0, 0.1) is 5.82 Å². The van der Waals surface area contributed by atoms with Gasteiger partial charge in [-0.2, -0.15) is 0 Å². The average Bonchev–Trinajstić information content (AvgIpc) is 2.68. The van der Waals surface area contributed by atoms with Gasteiger partial charge in [-0.15, -0.1) is 0 Å². The fourth-order valence-electron chi connectivity index (χ4n) is 2.86. The van der Waals surface area contributed by atoms with Crippen molar-refractivity contribution in [2.45, 2.75) is 20.3 Å². The van der Waals surface area contributed by atoms with Crippen molar-refractivity contribution in [1.82, 2.24) is 4.90 Å². The Morgan fingerprint density at radius 2 is 1.64 bits per heavy atom. The third kappa shape index (κ3) is 4.78. The third-order valence-electron chi connectivity index (χ3n) is 4.00. The first-order chi connectivity index (χ1) is 13.4. The predicted octanol–water partition coefficient (Wildman–Crippen LogP) is 7.86. The van der Waals surface area contributed by atoms with Crippen molar-refractivity contribution in [3.63, 3.8) is 0 Å². The molecular formula is C22H20Br2F3N. The summed E-state index contributed by atoms with van der Waals surface area (Å²) >= 11 is 6.76. The molecule has 2 aromatic carbocycles. The van der Waals surface area contributed by atoms with Gasteiger partial charge in [-0.3, -0.25) is 0 Å². The molecule has 0 bridgehead atoms. The van der Waals surface area contributed by atoms with Gasteiger partial charge in [-0.1, -0.05) is 56.8 Å². The maximum Gasteiger partial charge on any atom is 0.256 e. The van der Waals surface area contributed by atoms with Crippen LogP contribution in [0.2, 0.25) is 0 Å². The largest absolute Gasteiger partial charge is 0.334 e. The van der Waals surface area contributed by atoms with E-state index in [4.69, 9.17) is 0 Å². The molecule has 0 amide bonds. The van der Waals surface area contributed by atoms with Crippen LogP contribution in [0.5, 0.6) is 0 Å². The van der Waals surface area contributed by atoms with Crippen LogP contribution >= 0.6 is 31.9 Å². The SMILES string of the molecule is C=C1C(Br)=CC(c2ccccc2)=C(c2c(F)cccc2Br)N1CC(F)F.CC. The van der Waals surface area contributed by atoms with Gasteiger partial charge in [0.1, 0.15) is 5.82 Å². The molecule has 1 aliphatic heterocycles. The van der Waals surface area contributed by atoms with Gasteiger partial charge >= 0.3 is 0 Å². The molecule has 0 N–H and O–H groups in total. The Bertz CT molecular complexity index is 885. The lowest BCUT2D eigenvalue weighted by molar-refractivity contribution is 0.123. The van der Waals surface area contributed by atoms with Crippen LogP contribution in [-0.2, 0) is 0 Å². The molecule has 0 radical (unpaired) electrons.